The first-order valence-corrected chi connectivity index (χ1v) is 11.2. The number of benzene rings is 1. The van der Waals surface area contributed by atoms with Crippen LogP contribution < -0.4 is 26.4 Å². The third kappa shape index (κ3) is 6.66. The standard InChI is InChI=1S/C23H36N4O7/c1-12(2)18(25-3)21(31)26-16-10-23(33,11-17(28)19(16)29)22(32)27-15(20(24)30)9-13-5-7-14(34-4)8-6-13/h5-8,12,15-19,25,28-29,33H,9-11H2,1-4H3,(H2,24,30)(H,26,31)(H,27,32)/t15-,16+,17+,18-,19+,23-/m0/s1. The van der Waals surface area contributed by atoms with Crippen molar-refractivity contribution in [1.29, 1.82) is 0 Å². The molecule has 34 heavy (non-hydrogen) atoms. The van der Waals surface area contributed by atoms with Gasteiger partial charge in [0.25, 0.3) is 5.91 Å². The molecular formula is C23H36N4O7. The molecule has 2 rings (SSSR count). The SMILES string of the molecule is CN[C@H](C(=O)N[C@@H]1C[C@@](O)(C(=O)N[C@@H](Cc2ccc(OC)cc2)C(N)=O)C[C@@H](O)[C@@H]1O)C(C)C. The Morgan fingerprint density at radius 2 is 1.79 bits per heavy atom. The van der Waals surface area contributed by atoms with Gasteiger partial charge in [-0.25, -0.2) is 0 Å². The molecular weight excluding hydrogens is 444 g/mol. The molecule has 0 saturated heterocycles. The lowest BCUT2D eigenvalue weighted by Crippen LogP contribution is -2.65. The van der Waals surface area contributed by atoms with Crippen LogP contribution in [-0.2, 0) is 20.8 Å². The average Bonchev–Trinajstić information content (AvgIpc) is 2.77. The highest BCUT2D eigenvalue weighted by Gasteiger charge is 2.50. The maximum atomic E-state index is 13.0. The van der Waals surface area contributed by atoms with Crippen LogP contribution in [0.5, 0.6) is 5.75 Å². The minimum absolute atomic E-state index is 0.0629. The normalized spacial score (nSPS) is 26.4. The van der Waals surface area contributed by atoms with Gasteiger partial charge in [0.1, 0.15) is 23.5 Å². The fourth-order valence-corrected chi connectivity index (χ4v) is 4.18. The number of hydrogen-bond acceptors (Lipinski definition) is 8. The Hall–Kier alpha value is -2.73. The van der Waals surface area contributed by atoms with E-state index in [1.165, 1.54) is 7.11 Å². The zero-order chi connectivity index (χ0) is 25.6. The molecule has 3 amide bonds. The Labute approximate surface area is 199 Å². The fraction of sp³-hybridized carbons (Fsp3) is 0.609. The molecule has 8 N–H and O–H groups in total. The van der Waals surface area contributed by atoms with Crippen molar-refractivity contribution in [3.63, 3.8) is 0 Å². The quantitative estimate of drug-likeness (QED) is 0.204. The number of aliphatic hydroxyl groups excluding tert-OH is 2. The molecule has 0 aliphatic heterocycles. The van der Waals surface area contributed by atoms with Crippen molar-refractivity contribution in [2.45, 2.75) is 69.0 Å². The molecule has 0 spiro atoms. The topological polar surface area (TPSA) is 183 Å². The number of amides is 3. The van der Waals surface area contributed by atoms with Crippen LogP contribution in [0.3, 0.4) is 0 Å². The zero-order valence-electron chi connectivity index (χ0n) is 19.9. The van der Waals surface area contributed by atoms with Gasteiger partial charge in [0.2, 0.25) is 11.8 Å². The summed E-state index contributed by atoms with van der Waals surface area (Å²) in [6.07, 6.45) is -3.61. The van der Waals surface area contributed by atoms with Crippen molar-refractivity contribution in [3.05, 3.63) is 29.8 Å². The van der Waals surface area contributed by atoms with Gasteiger partial charge in [0.15, 0.2) is 0 Å². The first kappa shape index (κ1) is 27.5. The average molecular weight is 481 g/mol. The Morgan fingerprint density at radius 3 is 2.29 bits per heavy atom. The van der Waals surface area contributed by atoms with E-state index in [-0.39, 0.29) is 18.8 Å². The molecule has 190 valence electrons. The van der Waals surface area contributed by atoms with E-state index >= 15 is 0 Å². The second-order valence-corrected chi connectivity index (χ2v) is 9.10. The predicted octanol–water partition coefficient (Wildman–Crippen LogP) is -1.82. The lowest BCUT2D eigenvalue weighted by atomic mass is 9.77. The molecule has 1 aliphatic carbocycles. The van der Waals surface area contributed by atoms with Gasteiger partial charge in [-0.15, -0.1) is 0 Å². The van der Waals surface area contributed by atoms with Crippen LogP contribution in [0, 0.1) is 5.92 Å². The lowest BCUT2D eigenvalue weighted by molar-refractivity contribution is -0.161. The van der Waals surface area contributed by atoms with Crippen molar-refractivity contribution < 1.29 is 34.4 Å². The van der Waals surface area contributed by atoms with Gasteiger partial charge in [-0.05, 0) is 30.7 Å². The van der Waals surface area contributed by atoms with Crippen LogP contribution in [0.15, 0.2) is 24.3 Å². The van der Waals surface area contributed by atoms with Gasteiger partial charge >= 0.3 is 0 Å². The van der Waals surface area contributed by atoms with Gasteiger partial charge in [-0.1, -0.05) is 26.0 Å². The largest absolute Gasteiger partial charge is 0.497 e. The molecule has 0 radical (unpaired) electrons. The molecule has 11 nitrogen and oxygen atoms in total. The molecule has 1 aliphatic rings. The van der Waals surface area contributed by atoms with Crippen LogP contribution in [0.25, 0.3) is 0 Å². The summed E-state index contributed by atoms with van der Waals surface area (Å²) in [6, 6.07) is 4.04. The molecule has 1 saturated carbocycles. The first-order chi connectivity index (χ1) is 15.9. The number of carbonyl (C=O) groups excluding carboxylic acids is 3. The van der Waals surface area contributed by atoms with E-state index in [0.717, 1.165) is 0 Å². The zero-order valence-corrected chi connectivity index (χ0v) is 19.9. The number of rotatable bonds is 10. The molecule has 1 aromatic rings. The highest BCUT2D eigenvalue weighted by Crippen LogP contribution is 2.30. The molecule has 0 bridgehead atoms. The smallest absolute Gasteiger partial charge is 0.252 e. The minimum Gasteiger partial charge on any atom is -0.497 e. The Bertz CT molecular complexity index is 863. The molecule has 1 fully saturated rings. The monoisotopic (exact) mass is 480 g/mol. The number of likely N-dealkylation sites (N-methyl/N-ethyl adjacent to an activating group) is 1. The van der Waals surface area contributed by atoms with Gasteiger partial charge in [-0.3, -0.25) is 14.4 Å². The summed E-state index contributed by atoms with van der Waals surface area (Å²) in [5.41, 5.74) is 4.03. The van der Waals surface area contributed by atoms with Crippen molar-refractivity contribution in [3.8, 4) is 5.75 Å². The highest BCUT2D eigenvalue weighted by atomic mass is 16.5. The van der Waals surface area contributed by atoms with Gasteiger partial charge in [0, 0.05) is 19.3 Å². The molecule has 6 atom stereocenters. The molecule has 0 heterocycles. The second-order valence-electron chi connectivity index (χ2n) is 9.10. The number of ether oxygens (including phenoxy) is 1. The van der Waals surface area contributed by atoms with Gasteiger partial charge in [-0.2, -0.15) is 0 Å². The maximum absolute atomic E-state index is 13.0. The van der Waals surface area contributed by atoms with Crippen LogP contribution in [0.2, 0.25) is 0 Å². The second kappa shape index (κ2) is 11.6. The summed E-state index contributed by atoms with van der Waals surface area (Å²) in [5.74, 6) is -1.61. The molecule has 11 heteroatoms. The van der Waals surface area contributed by atoms with E-state index < -0.39 is 60.1 Å². The summed E-state index contributed by atoms with van der Waals surface area (Å²) in [4.78, 5) is 37.6. The summed E-state index contributed by atoms with van der Waals surface area (Å²) in [5, 5.41) is 39.7. The Kier molecular flexibility index (Phi) is 9.39. The summed E-state index contributed by atoms with van der Waals surface area (Å²) in [6.45, 7) is 3.67. The first-order valence-electron chi connectivity index (χ1n) is 11.2. The van der Waals surface area contributed by atoms with E-state index in [0.29, 0.717) is 11.3 Å². The van der Waals surface area contributed by atoms with E-state index in [1.807, 2.05) is 13.8 Å². The van der Waals surface area contributed by atoms with E-state index in [4.69, 9.17) is 10.5 Å². The number of nitrogens with one attached hydrogen (secondary N) is 3. The molecule has 1 aromatic carbocycles. The van der Waals surface area contributed by atoms with Crippen LogP contribution in [0.4, 0.5) is 0 Å². The minimum atomic E-state index is -2.14. The number of hydrogen-bond donors (Lipinski definition) is 7. The number of aliphatic hydroxyl groups is 3. The summed E-state index contributed by atoms with van der Waals surface area (Å²) < 4.78 is 5.10. The van der Waals surface area contributed by atoms with Crippen molar-refractivity contribution in [2.24, 2.45) is 11.7 Å². The molecule has 0 unspecified atom stereocenters. The number of carbonyl (C=O) groups is 3. The molecule has 0 aromatic heterocycles. The van der Waals surface area contributed by atoms with Crippen LogP contribution in [0.1, 0.15) is 32.3 Å². The fourth-order valence-electron chi connectivity index (χ4n) is 4.18. The predicted molar refractivity (Wildman–Crippen MR) is 124 cm³/mol. The summed E-state index contributed by atoms with van der Waals surface area (Å²) in [7, 11) is 3.14. The van der Waals surface area contributed by atoms with Crippen molar-refractivity contribution in [2.75, 3.05) is 14.2 Å². The number of methoxy groups -OCH3 is 1. The number of nitrogens with two attached hydrogens (primary N) is 1. The Balaban J connectivity index is 2.14. The summed E-state index contributed by atoms with van der Waals surface area (Å²) >= 11 is 0. The third-order valence-electron chi connectivity index (χ3n) is 6.17. The highest BCUT2D eigenvalue weighted by molar-refractivity contribution is 5.91. The lowest BCUT2D eigenvalue weighted by Gasteiger charge is -2.42. The maximum Gasteiger partial charge on any atom is 0.252 e. The van der Waals surface area contributed by atoms with Crippen LogP contribution >= 0.6 is 0 Å². The van der Waals surface area contributed by atoms with Crippen LogP contribution in [-0.4, -0.2) is 83.1 Å². The number of primary amides is 1. The Morgan fingerprint density at radius 1 is 1.18 bits per heavy atom. The van der Waals surface area contributed by atoms with Crippen molar-refractivity contribution in [1.82, 2.24) is 16.0 Å². The van der Waals surface area contributed by atoms with Gasteiger partial charge < -0.3 is 41.7 Å². The van der Waals surface area contributed by atoms with Crippen molar-refractivity contribution >= 4 is 17.7 Å². The van der Waals surface area contributed by atoms with E-state index in [9.17, 15) is 29.7 Å². The van der Waals surface area contributed by atoms with E-state index in [1.54, 1.807) is 31.3 Å². The van der Waals surface area contributed by atoms with Gasteiger partial charge in [0.05, 0.1) is 25.3 Å². The third-order valence-corrected chi connectivity index (χ3v) is 6.17. The van der Waals surface area contributed by atoms with E-state index in [2.05, 4.69) is 16.0 Å².